The number of nitrogens with one attached hydrogen (secondary N) is 1. The highest BCUT2D eigenvalue weighted by Gasteiger charge is 2.30. The molecule has 1 atom stereocenters. The smallest absolute Gasteiger partial charge is 0.244 e. The molecule has 0 fully saturated rings. The van der Waals surface area contributed by atoms with Gasteiger partial charge < -0.3 is 15.0 Å². The molecule has 36 heavy (non-hydrogen) atoms. The third kappa shape index (κ3) is 6.54. The molecule has 1 N–H and O–H groups in total. The van der Waals surface area contributed by atoms with Gasteiger partial charge in [-0.3, -0.25) is 13.9 Å². The van der Waals surface area contributed by atoms with E-state index in [-0.39, 0.29) is 12.5 Å². The van der Waals surface area contributed by atoms with Crippen molar-refractivity contribution in [3.8, 4) is 5.75 Å². The van der Waals surface area contributed by atoms with Crippen LogP contribution in [0.2, 0.25) is 0 Å². The van der Waals surface area contributed by atoms with Crippen LogP contribution in [0.4, 0.5) is 5.69 Å². The third-order valence-electron chi connectivity index (χ3n) is 5.94. The highest BCUT2D eigenvalue weighted by atomic mass is 32.2. The molecule has 0 aromatic heterocycles. The van der Waals surface area contributed by atoms with Crippen molar-refractivity contribution in [2.75, 3.05) is 30.8 Å². The fourth-order valence-corrected chi connectivity index (χ4v) is 4.79. The van der Waals surface area contributed by atoms with E-state index in [0.717, 1.165) is 27.9 Å². The predicted molar refractivity (Wildman–Crippen MR) is 142 cm³/mol. The third-order valence-corrected chi connectivity index (χ3v) is 7.07. The quantitative estimate of drug-likeness (QED) is 0.425. The first-order valence-corrected chi connectivity index (χ1v) is 13.7. The zero-order valence-corrected chi connectivity index (χ0v) is 21.9. The average Bonchev–Trinajstić information content (AvgIpc) is 2.87. The molecule has 0 aliphatic carbocycles. The Kier molecular flexibility index (Phi) is 8.93. The van der Waals surface area contributed by atoms with Crippen molar-refractivity contribution in [1.29, 1.82) is 0 Å². The molecule has 2 amide bonds. The van der Waals surface area contributed by atoms with Gasteiger partial charge in [0.1, 0.15) is 18.3 Å². The van der Waals surface area contributed by atoms with Crippen LogP contribution < -0.4 is 14.4 Å². The molecule has 0 radical (unpaired) electrons. The van der Waals surface area contributed by atoms with E-state index in [0.29, 0.717) is 23.4 Å². The minimum atomic E-state index is -3.81. The molecule has 0 saturated carbocycles. The zero-order valence-electron chi connectivity index (χ0n) is 21.1. The van der Waals surface area contributed by atoms with Crippen LogP contribution in [0.5, 0.6) is 5.75 Å². The SMILES string of the molecule is CCCNC(=O)[C@H](C)N(Cc1ccc(OC)cc1)C(=O)CN(c1cccc2ccccc12)S(C)(=O)=O. The van der Waals surface area contributed by atoms with Crippen LogP contribution in [0.25, 0.3) is 10.8 Å². The Labute approximate surface area is 212 Å². The number of carbonyl (C=O) groups excluding carboxylic acids is 2. The molecule has 0 aliphatic heterocycles. The first-order chi connectivity index (χ1) is 17.2. The number of rotatable bonds is 11. The van der Waals surface area contributed by atoms with Crippen molar-refractivity contribution in [3.05, 3.63) is 72.3 Å². The van der Waals surface area contributed by atoms with Gasteiger partial charge in [-0.05, 0) is 42.5 Å². The number of ether oxygens (including phenoxy) is 1. The molecular formula is C27H33N3O5S. The van der Waals surface area contributed by atoms with Crippen LogP contribution in [-0.2, 0) is 26.2 Å². The minimum absolute atomic E-state index is 0.136. The molecule has 0 aliphatic rings. The fraction of sp³-hybridized carbons (Fsp3) is 0.333. The summed E-state index contributed by atoms with van der Waals surface area (Å²) in [4.78, 5) is 27.9. The van der Waals surface area contributed by atoms with E-state index in [1.807, 2.05) is 49.4 Å². The Balaban J connectivity index is 1.97. The van der Waals surface area contributed by atoms with Crippen LogP contribution in [-0.4, -0.2) is 57.6 Å². The van der Waals surface area contributed by atoms with Crippen molar-refractivity contribution in [2.45, 2.75) is 32.9 Å². The summed E-state index contributed by atoms with van der Waals surface area (Å²) < 4.78 is 32.1. The highest BCUT2D eigenvalue weighted by molar-refractivity contribution is 7.92. The van der Waals surface area contributed by atoms with E-state index in [9.17, 15) is 18.0 Å². The van der Waals surface area contributed by atoms with Gasteiger partial charge in [-0.15, -0.1) is 0 Å². The van der Waals surface area contributed by atoms with Crippen LogP contribution >= 0.6 is 0 Å². The van der Waals surface area contributed by atoms with Crippen LogP contribution in [0, 0.1) is 0 Å². The largest absolute Gasteiger partial charge is 0.497 e. The molecule has 8 nitrogen and oxygen atoms in total. The predicted octanol–water partition coefficient (Wildman–Crippen LogP) is 3.56. The van der Waals surface area contributed by atoms with Gasteiger partial charge in [0, 0.05) is 18.5 Å². The second kappa shape index (κ2) is 11.9. The van der Waals surface area contributed by atoms with E-state index in [1.165, 1.54) is 4.90 Å². The van der Waals surface area contributed by atoms with Crippen molar-refractivity contribution in [1.82, 2.24) is 10.2 Å². The number of methoxy groups -OCH3 is 1. The molecule has 0 spiro atoms. The summed E-state index contributed by atoms with van der Waals surface area (Å²) in [6.07, 6.45) is 1.83. The van der Waals surface area contributed by atoms with Crippen molar-refractivity contribution in [3.63, 3.8) is 0 Å². The van der Waals surface area contributed by atoms with Crippen molar-refractivity contribution < 1.29 is 22.7 Å². The Morgan fingerprint density at radius 1 is 1.00 bits per heavy atom. The van der Waals surface area contributed by atoms with Crippen molar-refractivity contribution in [2.24, 2.45) is 0 Å². The van der Waals surface area contributed by atoms with Gasteiger partial charge in [-0.2, -0.15) is 0 Å². The van der Waals surface area contributed by atoms with Crippen LogP contribution in [0.15, 0.2) is 66.7 Å². The minimum Gasteiger partial charge on any atom is -0.497 e. The number of nitrogens with zero attached hydrogens (tertiary/aromatic N) is 2. The normalized spacial score (nSPS) is 12.1. The number of fused-ring (bicyclic) bond motifs is 1. The molecule has 0 saturated heterocycles. The molecule has 9 heteroatoms. The molecule has 3 rings (SSSR count). The number of amides is 2. The maximum Gasteiger partial charge on any atom is 0.244 e. The molecule has 3 aromatic rings. The van der Waals surface area contributed by atoms with Gasteiger partial charge in [-0.1, -0.05) is 55.5 Å². The number of benzene rings is 3. The molecule has 192 valence electrons. The Bertz CT molecular complexity index is 1300. The first-order valence-electron chi connectivity index (χ1n) is 11.8. The maximum absolute atomic E-state index is 13.7. The molecule has 0 bridgehead atoms. The summed E-state index contributed by atoms with van der Waals surface area (Å²) in [5.74, 6) is -0.109. The summed E-state index contributed by atoms with van der Waals surface area (Å²) in [7, 11) is -2.24. The first kappa shape index (κ1) is 27.0. The monoisotopic (exact) mass is 511 g/mol. The lowest BCUT2D eigenvalue weighted by atomic mass is 10.1. The van der Waals surface area contributed by atoms with Crippen molar-refractivity contribution >= 4 is 38.3 Å². The standard InChI is InChI=1S/C27H33N3O5S/c1-5-17-28-27(32)20(2)29(18-21-13-15-23(35-3)16-14-21)26(31)19-30(36(4,33)34)25-12-8-10-22-9-6-7-11-24(22)25/h6-16,20H,5,17-19H2,1-4H3,(H,28,32)/t20-/m0/s1. The Morgan fingerprint density at radius 3 is 2.31 bits per heavy atom. The van der Waals surface area contributed by atoms with Crippen LogP contribution in [0.1, 0.15) is 25.8 Å². The lowest BCUT2D eigenvalue weighted by Crippen LogP contribution is -2.51. The van der Waals surface area contributed by atoms with E-state index >= 15 is 0 Å². The molecule has 3 aromatic carbocycles. The number of hydrogen-bond acceptors (Lipinski definition) is 5. The molecular weight excluding hydrogens is 478 g/mol. The van der Waals surface area contributed by atoms with Gasteiger partial charge in [0.05, 0.1) is 19.1 Å². The van der Waals surface area contributed by atoms with E-state index in [4.69, 9.17) is 4.74 Å². The van der Waals surface area contributed by atoms with E-state index < -0.39 is 28.5 Å². The summed E-state index contributed by atoms with van der Waals surface area (Å²) in [6.45, 7) is 3.78. The molecule has 0 unspecified atom stereocenters. The highest BCUT2D eigenvalue weighted by Crippen LogP contribution is 2.28. The van der Waals surface area contributed by atoms with Crippen LogP contribution in [0.3, 0.4) is 0 Å². The molecule has 0 heterocycles. The average molecular weight is 512 g/mol. The van der Waals surface area contributed by atoms with Gasteiger partial charge in [0.2, 0.25) is 21.8 Å². The van der Waals surface area contributed by atoms with E-state index in [2.05, 4.69) is 5.32 Å². The number of anilines is 1. The maximum atomic E-state index is 13.7. The number of carbonyl (C=O) groups is 2. The summed E-state index contributed by atoms with van der Waals surface area (Å²) >= 11 is 0. The van der Waals surface area contributed by atoms with E-state index in [1.54, 1.807) is 38.3 Å². The Hall–Kier alpha value is -3.59. The number of hydrogen-bond donors (Lipinski definition) is 1. The summed E-state index contributed by atoms with van der Waals surface area (Å²) in [5.41, 5.74) is 1.20. The second-order valence-electron chi connectivity index (χ2n) is 8.60. The van der Waals surface area contributed by atoms with Gasteiger partial charge in [0.25, 0.3) is 0 Å². The van der Waals surface area contributed by atoms with Gasteiger partial charge in [0.15, 0.2) is 0 Å². The lowest BCUT2D eigenvalue weighted by molar-refractivity contribution is -0.139. The fourth-order valence-electron chi connectivity index (χ4n) is 3.93. The summed E-state index contributed by atoms with van der Waals surface area (Å²) in [6, 6.07) is 19.1. The van der Waals surface area contributed by atoms with Gasteiger partial charge >= 0.3 is 0 Å². The number of sulfonamides is 1. The summed E-state index contributed by atoms with van der Waals surface area (Å²) in [5, 5.41) is 4.40. The second-order valence-corrected chi connectivity index (χ2v) is 10.5. The lowest BCUT2D eigenvalue weighted by Gasteiger charge is -2.31. The van der Waals surface area contributed by atoms with Gasteiger partial charge in [-0.25, -0.2) is 8.42 Å². The Morgan fingerprint density at radius 2 is 1.67 bits per heavy atom. The topological polar surface area (TPSA) is 96.0 Å². The zero-order chi connectivity index (χ0) is 26.3.